The van der Waals surface area contributed by atoms with E-state index < -0.39 is 0 Å². The number of likely N-dealkylation sites (N-methyl/N-ethyl adjacent to an activating group) is 1. The summed E-state index contributed by atoms with van der Waals surface area (Å²) in [6.45, 7) is 1.50. The largest absolute Gasteiger partial charge is 0.504 e. The highest BCUT2D eigenvalue weighted by atomic mass is 16.5. The van der Waals surface area contributed by atoms with Crippen molar-refractivity contribution in [2.45, 2.75) is 25.4 Å². The Morgan fingerprint density at radius 2 is 2.22 bits per heavy atom. The van der Waals surface area contributed by atoms with Crippen molar-refractivity contribution in [2.24, 2.45) is 11.7 Å². The Bertz CT molecular complexity index is 405. The first kappa shape index (κ1) is 13.2. The van der Waals surface area contributed by atoms with Crippen LogP contribution in [0.15, 0.2) is 18.2 Å². The molecule has 0 amide bonds. The molecule has 0 spiro atoms. The summed E-state index contributed by atoms with van der Waals surface area (Å²) < 4.78 is 5.04. The summed E-state index contributed by atoms with van der Waals surface area (Å²) in [5.41, 5.74) is 6.91. The van der Waals surface area contributed by atoms with Gasteiger partial charge in [-0.3, -0.25) is 4.90 Å². The summed E-state index contributed by atoms with van der Waals surface area (Å²) in [5, 5.41) is 9.75. The van der Waals surface area contributed by atoms with E-state index in [2.05, 4.69) is 11.9 Å². The number of nitrogens with zero attached hydrogens (tertiary/aromatic N) is 1. The van der Waals surface area contributed by atoms with Crippen LogP contribution in [0.1, 0.15) is 18.4 Å². The van der Waals surface area contributed by atoms with Gasteiger partial charge in [0.25, 0.3) is 0 Å². The lowest BCUT2D eigenvalue weighted by atomic mass is 10.1. The minimum absolute atomic E-state index is 0.194. The zero-order valence-corrected chi connectivity index (χ0v) is 11.1. The number of hydrogen-bond acceptors (Lipinski definition) is 4. The predicted octanol–water partition coefficient (Wildman–Crippen LogP) is 1.57. The molecule has 4 nitrogen and oxygen atoms in total. The second kappa shape index (κ2) is 5.59. The zero-order chi connectivity index (χ0) is 13.1. The van der Waals surface area contributed by atoms with Gasteiger partial charge in [0.1, 0.15) is 0 Å². The molecule has 1 aromatic rings. The Balaban J connectivity index is 2.01. The lowest BCUT2D eigenvalue weighted by Gasteiger charge is -2.27. The van der Waals surface area contributed by atoms with Crippen LogP contribution in [-0.4, -0.2) is 36.8 Å². The van der Waals surface area contributed by atoms with Gasteiger partial charge in [0.05, 0.1) is 7.11 Å². The number of hydrogen-bond donors (Lipinski definition) is 2. The molecule has 1 unspecified atom stereocenters. The molecule has 100 valence electrons. The van der Waals surface area contributed by atoms with Crippen LogP contribution in [0.25, 0.3) is 0 Å². The maximum Gasteiger partial charge on any atom is 0.160 e. The second-order valence-electron chi connectivity index (χ2n) is 5.06. The van der Waals surface area contributed by atoms with Crippen molar-refractivity contribution in [1.82, 2.24) is 4.90 Å². The third-order valence-corrected chi connectivity index (χ3v) is 3.65. The van der Waals surface area contributed by atoms with E-state index in [1.807, 2.05) is 6.07 Å². The van der Waals surface area contributed by atoms with Crippen molar-refractivity contribution in [3.8, 4) is 11.5 Å². The van der Waals surface area contributed by atoms with Gasteiger partial charge in [-0.1, -0.05) is 6.07 Å². The number of nitrogens with two attached hydrogens (primary N) is 1. The van der Waals surface area contributed by atoms with Gasteiger partial charge in [0.2, 0.25) is 0 Å². The van der Waals surface area contributed by atoms with Crippen molar-refractivity contribution in [1.29, 1.82) is 0 Å². The van der Waals surface area contributed by atoms with Gasteiger partial charge in [-0.2, -0.15) is 0 Å². The summed E-state index contributed by atoms with van der Waals surface area (Å²) >= 11 is 0. The Kier molecular flexibility index (Phi) is 4.09. The Hall–Kier alpha value is -1.26. The monoisotopic (exact) mass is 250 g/mol. The van der Waals surface area contributed by atoms with E-state index in [1.54, 1.807) is 19.2 Å². The number of rotatable bonds is 6. The summed E-state index contributed by atoms with van der Waals surface area (Å²) in [6, 6.07) is 5.99. The molecule has 1 saturated carbocycles. The molecule has 0 radical (unpaired) electrons. The molecule has 1 aliphatic rings. The van der Waals surface area contributed by atoms with E-state index in [0.717, 1.165) is 18.0 Å². The maximum absolute atomic E-state index is 9.75. The second-order valence-corrected chi connectivity index (χ2v) is 5.06. The predicted molar refractivity (Wildman–Crippen MR) is 71.7 cm³/mol. The van der Waals surface area contributed by atoms with Crippen LogP contribution in [0, 0.1) is 5.92 Å². The van der Waals surface area contributed by atoms with Crippen molar-refractivity contribution >= 4 is 0 Å². The average Bonchev–Trinajstić information content (AvgIpc) is 3.15. The van der Waals surface area contributed by atoms with Gasteiger partial charge in [-0.15, -0.1) is 0 Å². The Labute approximate surface area is 108 Å². The molecule has 2 rings (SSSR count). The van der Waals surface area contributed by atoms with Crippen LogP contribution >= 0.6 is 0 Å². The highest BCUT2D eigenvalue weighted by molar-refractivity contribution is 5.41. The molecule has 0 aromatic heterocycles. The van der Waals surface area contributed by atoms with Crippen LogP contribution in [0.4, 0.5) is 0 Å². The molecule has 1 fully saturated rings. The third-order valence-electron chi connectivity index (χ3n) is 3.65. The smallest absolute Gasteiger partial charge is 0.160 e. The van der Waals surface area contributed by atoms with E-state index in [1.165, 1.54) is 12.8 Å². The highest BCUT2D eigenvalue weighted by Crippen LogP contribution is 2.35. The quantitative estimate of drug-likeness (QED) is 0.804. The number of phenolic OH excluding ortho intramolecular Hbond substituents is 1. The Morgan fingerprint density at radius 1 is 1.50 bits per heavy atom. The first-order valence-corrected chi connectivity index (χ1v) is 6.42. The van der Waals surface area contributed by atoms with E-state index in [9.17, 15) is 5.11 Å². The normalized spacial score (nSPS) is 16.9. The third kappa shape index (κ3) is 2.94. The molecule has 0 aliphatic heterocycles. The molecule has 1 aliphatic carbocycles. The number of aromatic hydroxyl groups is 1. The fourth-order valence-electron chi connectivity index (χ4n) is 2.45. The summed E-state index contributed by atoms with van der Waals surface area (Å²) in [7, 11) is 3.65. The van der Waals surface area contributed by atoms with Gasteiger partial charge >= 0.3 is 0 Å². The minimum atomic E-state index is 0.194. The first-order chi connectivity index (χ1) is 8.65. The molecule has 18 heavy (non-hydrogen) atoms. The van der Waals surface area contributed by atoms with E-state index in [0.29, 0.717) is 18.3 Å². The molecular weight excluding hydrogens is 228 g/mol. The van der Waals surface area contributed by atoms with Crippen LogP contribution in [-0.2, 0) is 6.54 Å². The van der Waals surface area contributed by atoms with Gasteiger partial charge in [-0.05, 0) is 43.5 Å². The summed E-state index contributed by atoms with van der Waals surface area (Å²) in [4.78, 5) is 2.28. The van der Waals surface area contributed by atoms with Crippen LogP contribution in [0.3, 0.4) is 0 Å². The van der Waals surface area contributed by atoms with Crippen molar-refractivity contribution in [2.75, 3.05) is 20.7 Å². The Morgan fingerprint density at radius 3 is 2.72 bits per heavy atom. The summed E-state index contributed by atoms with van der Waals surface area (Å²) in [5.74, 6) is 1.46. The lowest BCUT2D eigenvalue weighted by molar-refractivity contribution is 0.215. The lowest BCUT2D eigenvalue weighted by Crippen LogP contribution is -2.39. The molecule has 0 saturated heterocycles. The molecule has 1 aromatic carbocycles. The fraction of sp³-hybridized carbons (Fsp3) is 0.571. The van der Waals surface area contributed by atoms with Crippen LogP contribution < -0.4 is 10.5 Å². The number of methoxy groups -OCH3 is 1. The standard InChI is InChI=1S/C14H22N2O2/c1-16(12(8-15)11-4-5-11)9-10-3-6-14(18-2)13(17)7-10/h3,6-7,11-12,17H,4-5,8-9,15H2,1-2H3. The van der Waals surface area contributed by atoms with E-state index >= 15 is 0 Å². The number of ether oxygens (including phenoxy) is 1. The van der Waals surface area contributed by atoms with Gasteiger partial charge in [-0.25, -0.2) is 0 Å². The molecule has 1 atom stereocenters. The van der Waals surface area contributed by atoms with E-state index in [-0.39, 0.29) is 5.75 Å². The van der Waals surface area contributed by atoms with Crippen molar-refractivity contribution in [3.63, 3.8) is 0 Å². The molecular formula is C14H22N2O2. The van der Waals surface area contributed by atoms with Crippen molar-refractivity contribution < 1.29 is 9.84 Å². The van der Waals surface area contributed by atoms with Gasteiger partial charge in [0, 0.05) is 19.1 Å². The number of benzene rings is 1. The molecule has 3 N–H and O–H groups in total. The molecule has 0 heterocycles. The van der Waals surface area contributed by atoms with Crippen LogP contribution in [0.2, 0.25) is 0 Å². The van der Waals surface area contributed by atoms with Crippen LogP contribution in [0.5, 0.6) is 11.5 Å². The highest BCUT2D eigenvalue weighted by Gasteiger charge is 2.32. The minimum Gasteiger partial charge on any atom is -0.504 e. The fourth-order valence-corrected chi connectivity index (χ4v) is 2.45. The first-order valence-electron chi connectivity index (χ1n) is 6.42. The topological polar surface area (TPSA) is 58.7 Å². The van der Waals surface area contributed by atoms with Crippen molar-refractivity contribution in [3.05, 3.63) is 23.8 Å². The van der Waals surface area contributed by atoms with Gasteiger partial charge < -0.3 is 15.6 Å². The molecule has 0 bridgehead atoms. The van der Waals surface area contributed by atoms with E-state index in [4.69, 9.17) is 10.5 Å². The SMILES string of the molecule is COc1ccc(CN(C)C(CN)C2CC2)cc1O. The average molecular weight is 250 g/mol. The maximum atomic E-state index is 9.75. The molecule has 4 heteroatoms. The number of phenols is 1. The summed E-state index contributed by atoms with van der Waals surface area (Å²) in [6.07, 6.45) is 2.58. The van der Waals surface area contributed by atoms with Gasteiger partial charge in [0.15, 0.2) is 11.5 Å². The zero-order valence-electron chi connectivity index (χ0n) is 11.1.